The van der Waals surface area contributed by atoms with Crippen molar-refractivity contribution >= 4 is 33.8 Å². The third-order valence-electron chi connectivity index (χ3n) is 3.80. The average molecular weight is 324 g/mol. The van der Waals surface area contributed by atoms with E-state index in [1.807, 2.05) is 31.2 Å². The highest BCUT2D eigenvalue weighted by atomic mass is 16.5. The minimum absolute atomic E-state index is 0.240. The quantitative estimate of drug-likeness (QED) is 0.554. The smallest absolute Gasteiger partial charge is 0.257 e. The van der Waals surface area contributed by atoms with E-state index in [9.17, 15) is 4.79 Å². The fraction of sp³-hybridized carbons (Fsp3) is 0.250. The van der Waals surface area contributed by atoms with Crippen LogP contribution in [0.4, 0.5) is 0 Å². The number of para-hydroxylation sites is 2. The third-order valence-corrected chi connectivity index (χ3v) is 3.80. The highest BCUT2D eigenvalue weighted by molar-refractivity contribution is 6.11. The van der Waals surface area contributed by atoms with Gasteiger partial charge in [-0.1, -0.05) is 12.1 Å². The van der Waals surface area contributed by atoms with E-state index >= 15 is 0 Å². The molecule has 1 amide bonds. The summed E-state index contributed by atoms with van der Waals surface area (Å²) < 4.78 is 6.68. The van der Waals surface area contributed by atoms with Crippen LogP contribution < -0.4 is 5.32 Å². The van der Waals surface area contributed by atoms with Crippen LogP contribution in [-0.2, 0) is 4.74 Å². The summed E-state index contributed by atoms with van der Waals surface area (Å²) in [5.41, 5.74) is 3.56. The van der Waals surface area contributed by atoms with Gasteiger partial charge >= 0.3 is 0 Å². The number of rotatable bonds is 4. The van der Waals surface area contributed by atoms with Crippen LogP contribution in [-0.4, -0.2) is 50.7 Å². The number of carbonyl (C=O) groups is 1. The minimum atomic E-state index is -0.240. The monoisotopic (exact) mass is 324 g/mol. The number of hydrogen-bond acceptors (Lipinski definition) is 5. The number of aryl methyl sites for hydroxylation is 1. The fourth-order valence-electron chi connectivity index (χ4n) is 2.75. The van der Waals surface area contributed by atoms with E-state index in [0.717, 1.165) is 11.0 Å². The van der Waals surface area contributed by atoms with Gasteiger partial charge in [0.15, 0.2) is 11.3 Å². The molecule has 0 aliphatic heterocycles. The molecule has 0 atom stereocenters. The van der Waals surface area contributed by atoms with Gasteiger partial charge in [0, 0.05) is 13.7 Å². The van der Waals surface area contributed by atoms with E-state index < -0.39 is 0 Å². The van der Waals surface area contributed by atoms with Crippen molar-refractivity contribution in [3.8, 4) is 0 Å². The standard InChI is InChI=1S/C16H16N6O2/c1-9-18-14-12(16(23)17-7-8-24-2)13-15(22(14)21-9)20-11-6-4-3-5-10(11)19-13/h3-6H,7-8H2,1-2H3,(H,17,23)(H,18,21). The Morgan fingerprint density at radius 1 is 1.21 bits per heavy atom. The number of aromatic nitrogens is 5. The molecule has 122 valence electrons. The van der Waals surface area contributed by atoms with Gasteiger partial charge in [-0.25, -0.2) is 19.5 Å². The van der Waals surface area contributed by atoms with Crippen LogP contribution in [0.2, 0.25) is 0 Å². The zero-order chi connectivity index (χ0) is 16.7. The van der Waals surface area contributed by atoms with Crippen molar-refractivity contribution in [1.29, 1.82) is 0 Å². The van der Waals surface area contributed by atoms with Gasteiger partial charge in [0.05, 0.1) is 17.6 Å². The lowest BCUT2D eigenvalue weighted by molar-refractivity contribution is 0.0940. The number of benzene rings is 1. The second kappa shape index (κ2) is 5.57. The van der Waals surface area contributed by atoms with Gasteiger partial charge in [0.25, 0.3) is 5.91 Å². The van der Waals surface area contributed by atoms with E-state index in [1.54, 1.807) is 11.6 Å². The van der Waals surface area contributed by atoms with Crippen LogP contribution in [0.15, 0.2) is 24.3 Å². The number of nitrogens with one attached hydrogen (secondary N) is 2. The molecule has 3 aromatic heterocycles. The molecule has 4 aromatic rings. The summed E-state index contributed by atoms with van der Waals surface area (Å²) in [6, 6.07) is 7.57. The van der Waals surface area contributed by atoms with Crippen LogP contribution in [0.5, 0.6) is 0 Å². The predicted octanol–water partition coefficient (Wildman–Crippen LogP) is 1.44. The van der Waals surface area contributed by atoms with Gasteiger partial charge in [-0.15, -0.1) is 0 Å². The molecule has 1 aromatic carbocycles. The molecule has 24 heavy (non-hydrogen) atoms. The summed E-state index contributed by atoms with van der Waals surface area (Å²) in [5, 5.41) is 5.94. The van der Waals surface area contributed by atoms with E-state index in [4.69, 9.17) is 4.74 Å². The molecular weight excluding hydrogens is 308 g/mol. The largest absolute Gasteiger partial charge is 0.383 e. The van der Waals surface area contributed by atoms with Gasteiger partial charge in [-0.3, -0.25) is 9.89 Å². The number of aromatic amines is 1. The molecule has 0 radical (unpaired) electrons. The van der Waals surface area contributed by atoms with Crippen molar-refractivity contribution in [3.05, 3.63) is 35.7 Å². The van der Waals surface area contributed by atoms with Gasteiger partial charge in [-0.05, 0) is 19.1 Å². The highest BCUT2D eigenvalue weighted by Crippen LogP contribution is 2.25. The van der Waals surface area contributed by atoms with Crippen molar-refractivity contribution in [2.45, 2.75) is 6.92 Å². The summed E-state index contributed by atoms with van der Waals surface area (Å²) in [7, 11) is 1.59. The van der Waals surface area contributed by atoms with Crippen LogP contribution in [0.3, 0.4) is 0 Å². The summed E-state index contributed by atoms with van der Waals surface area (Å²) in [5.74, 6) is 0.462. The Kier molecular flexibility index (Phi) is 3.39. The maximum Gasteiger partial charge on any atom is 0.257 e. The lowest BCUT2D eigenvalue weighted by Gasteiger charge is -2.03. The molecule has 0 saturated carbocycles. The topological polar surface area (TPSA) is 97.2 Å². The summed E-state index contributed by atoms with van der Waals surface area (Å²) in [6.45, 7) is 2.69. The van der Waals surface area contributed by atoms with Crippen molar-refractivity contribution in [2.75, 3.05) is 20.3 Å². The van der Waals surface area contributed by atoms with Crippen LogP contribution in [0.1, 0.15) is 16.2 Å². The molecule has 0 aliphatic carbocycles. The van der Waals surface area contributed by atoms with Gasteiger partial charge in [-0.2, -0.15) is 0 Å². The Morgan fingerprint density at radius 2 is 1.96 bits per heavy atom. The normalized spacial score (nSPS) is 11.6. The first-order valence-corrected chi connectivity index (χ1v) is 7.59. The Morgan fingerprint density at radius 3 is 2.71 bits per heavy atom. The molecular formula is C16H16N6O2. The first-order chi connectivity index (χ1) is 11.7. The number of fused-ring (bicyclic) bond motifs is 4. The molecule has 0 saturated heterocycles. The number of carbonyl (C=O) groups excluding carboxylic acids is 1. The summed E-state index contributed by atoms with van der Waals surface area (Å²) >= 11 is 0. The molecule has 0 fully saturated rings. The fourth-order valence-corrected chi connectivity index (χ4v) is 2.75. The van der Waals surface area contributed by atoms with Crippen LogP contribution >= 0.6 is 0 Å². The number of amides is 1. The molecule has 0 aliphatic rings. The molecule has 0 bridgehead atoms. The molecule has 8 heteroatoms. The first kappa shape index (κ1) is 14.6. The molecule has 0 spiro atoms. The van der Waals surface area contributed by atoms with Crippen molar-refractivity contribution in [1.82, 2.24) is 29.9 Å². The minimum Gasteiger partial charge on any atom is -0.383 e. The van der Waals surface area contributed by atoms with E-state index in [-0.39, 0.29) is 5.91 Å². The molecule has 0 unspecified atom stereocenters. The highest BCUT2D eigenvalue weighted by Gasteiger charge is 2.23. The van der Waals surface area contributed by atoms with E-state index in [2.05, 4.69) is 25.4 Å². The third kappa shape index (κ3) is 2.19. The van der Waals surface area contributed by atoms with Crippen molar-refractivity contribution < 1.29 is 9.53 Å². The first-order valence-electron chi connectivity index (χ1n) is 7.59. The zero-order valence-corrected chi connectivity index (χ0v) is 13.3. The number of nitrogens with zero attached hydrogens (tertiary/aromatic N) is 4. The van der Waals surface area contributed by atoms with Crippen LogP contribution in [0.25, 0.3) is 27.8 Å². The van der Waals surface area contributed by atoms with Gasteiger partial charge < -0.3 is 10.1 Å². The molecule has 4 rings (SSSR count). The number of ether oxygens (including phenoxy) is 1. The van der Waals surface area contributed by atoms with Crippen molar-refractivity contribution in [2.24, 2.45) is 0 Å². The maximum atomic E-state index is 12.7. The predicted molar refractivity (Wildman–Crippen MR) is 89.1 cm³/mol. The lowest BCUT2D eigenvalue weighted by atomic mass is 10.2. The van der Waals surface area contributed by atoms with Crippen molar-refractivity contribution in [3.63, 3.8) is 0 Å². The second-order valence-corrected chi connectivity index (χ2v) is 5.48. The molecule has 3 heterocycles. The summed E-state index contributed by atoms with van der Waals surface area (Å²) in [4.78, 5) is 26.4. The Hall–Kier alpha value is -3.00. The second-order valence-electron chi connectivity index (χ2n) is 5.48. The van der Waals surface area contributed by atoms with Crippen LogP contribution in [0, 0.1) is 6.92 Å². The molecule has 2 N–H and O–H groups in total. The Labute approximate surface area is 136 Å². The Bertz CT molecular complexity index is 1060. The van der Waals surface area contributed by atoms with E-state index in [0.29, 0.717) is 41.4 Å². The average Bonchev–Trinajstić information content (AvgIpc) is 3.07. The summed E-state index contributed by atoms with van der Waals surface area (Å²) in [6.07, 6.45) is 0. The van der Waals surface area contributed by atoms with Gasteiger partial charge in [0.2, 0.25) is 0 Å². The van der Waals surface area contributed by atoms with E-state index in [1.165, 1.54) is 0 Å². The number of methoxy groups -OCH3 is 1. The SMILES string of the molecule is COCCNC(=O)c1c2nc3ccccc3nc2n2[nH]c(C)nc12. The Balaban J connectivity index is 1.97. The lowest BCUT2D eigenvalue weighted by Crippen LogP contribution is -2.27. The maximum absolute atomic E-state index is 12.7. The number of hydrogen-bond donors (Lipinski definition) is 2. The zero-order valence-electron chi connectivity index (χ0n) is 13.3. The molecule has 8 nitrogen and oxygen atoms in total. The van der Waals surface area contributed by atoms with Gasteiger partial charge in [0.1, 0.15) is 16.9 Å². The number of H-pyrrole nitrogens is 1.